The van der Waals surface area contributed by atoms with Crippen LogP contribution in [0, 0.1) is 11.3 Å². The molecule has 3 N–H and O–H groups in total. The number of halogens is 1. The molecular weight excluding hydrogens is 560 g/mol. The Morgan fingerprint density at radius 1 is 0.976 bits per heavy atom. The Balaban J connectivity index is 1.56. The van der Waals surface area contributed by atoms with Crippen LogP contribution in [-0.4, -0.2) is 30.1 Å². The van der Waals surface area contributed by atoms with Crippen molar-refractivity contribution in [1.82, 2.24) is 5.32 Å². The zero-order valence-electron chi connectivity index (χ0n) is 22.4. The van der Waals surface area contributed by atoms with Crippen molar-refractivity contribution < 1.29 is 19.1 Å². The van der Waals surface area contributed by atoms with Crippen LogP contribution in [-0.2, 0) is 14.3 Å². The van der Waals surface area contributed by atoms with Crippen LogP contribution in [0.2, 0.25) is 5.02 Å². The van der Waals surface area contributed by atoms with Crippen molar-refractivity contribution in [3.05, 3.63) is 117 Å². The van der Waals surface area contributed by atoms with E-state index in [2.05, 4.69) is 22.0 Å². The van der Waals surface area contributed by atoms with Crippen molar-refractivity contribution >= 4 is 52.5 Å². The smallest absolute Gasteiger partial charge is 0.338 e. The number of hydrogen-bond donors (Lipinski definition) is 3. The van der Waals surface area contributed by atoms with E-state index in [1.807, 2.05) is 18.2 Å². The number of nitrogens with one attached hydrogen (secondary N) is 3. The van der Waals surface area contributed by atoms with Crippen LogP contribution in [0.15, 0.2) is 101 Å². The number of hydrogen-bond acceptors (Lipinski definition) is 7. The second kappa shape index (κ2) is 13.7. The lowest BCUT2D eigenvalue weighted by Gasteiger charge is -2.30. The molecule has 2 amide bonds. The summed E-state index contributed by atoms with van der Waals surface area (Å²) < 4.78 is 4.98. The summed E-state index contributed by atoms with van der Waals surface area (Å²) in [5.41, 5.74) is 3.29. The van der Waals surface area contributed by atoms with Crippen LogP contribution < -0.4 is 16.0 Å². The van der Waals surface area contributed by atoms with Crippen molar-refractivity contribution in [2.24, 2.45) is 0 Å². The number of benzene rings is 3. The second-order valence-electron chi connectivity index (χ2n) is 8.93. The Bertz CT molecular complexity index is 1560. The minimum atomic E-state index is -0.750. The lowest BCUT2D eigenvalue weighted by molar-refractivity contribution is -0.114. The minimum Gasteiger partial charge on any atom is -0.462 e. The highest BCUT2D eigenvalue weighted by Gasteiger charge is 2.36. The van der Waals surface area contributed by atoms with E-state index in [-0.39, 0.29) is 29.7 Å². The third kappa shape index (κ3) is 7.17. The summed E-state index contributed by atoms with van der Waals surface area (Å²) in [5.74, 6) is -1.88. The third-order valence-corrected chi connectivity index (χ3v) is 7.53. The molecule has 0 fully saturated rings. The summed E-state index contributed by atoms with van der Waals surface area (Å²) in [6.45, 7) is 3.75. The van der Waals surface area contributed by atoms with Crippen molar-refractivity contribution in [2.75, 3.05) is 23.0 Å². The quantitative estimate of drug-likeness (QED) is 0.254. The van der Waals surface area contributed by atoms with Crippen molar-refractivity contribution in [2.45, 2.75) is 19.8 Å². The number of anilines is 2. The standard InChI is InChI=1S/C31H27ClN4O4S/c1-3-40-31(39)20-13-15-22(16-14-20)35-26(37)18-41-30-24(17-33)28(23-11-7-8-12-25(23)32)27(19(2)34-30)29(38)36-21-9-5-4-6-10-21/h4-16,28,34H,3,18H2,1-2H3,(H,35,37)(H,36,38)/t28-/m1/s1. The Morgan fingerprint density at radius 2 is 1.63 bits per heavy atom. The monoisotopic (exact) mass is 586 g/mol. The van der Waals surface area contributed by atoms with E-state index in [1.165, 1.54) is 0 Å². The SMILES string of the molecule is CCOC(=O)c1ccc(NC(=O)CSC2=C(C#N)[C@@H](c3ccccc3Cl)C(C(=O)Nc3ccccc3)=C(C)N2)cc1. The molecule has 0 aromatic heterocycles. The summed E-state index contributed by atoms with van der Waals surface area (Å²) in [4.78, 5) is 38.2. The Labute approximate surface area is 247 Å². The van der Waals surface area contributed by atoms with Gasteiger partial charge in [0.1, 0.15) is 0 Å². The largest absolute Gasteiger partial charge is 0.462 e. The van der Waals surface area contributed by atoms with Gasteiger partial charge in [-0.25, -0.2) is 4.79 Å². The molecule has 8 nitrogen and oxygen atoms in total. The number of rotatable bonds is 9. The van der Waals surface area contributed by atoms with E-state index >= 15 is 0 Å². The molecule has 0 unspecified atom stereocenters. The average Bonchev–Trinajstić information content (AvgIpc) is 2.97. The highest BCUT2D eigenvalue weighted by atomic mass is 35.5. The van der Waals surface area contributed by atoms with E-state index in [0.29, 0.717) is 43.8 Å². The molecule has 208 valence electrons. The molecule has 1 heterocycles. The Kier molecular flexibility index (Phi) is 9.85. The van der Waals surface area contributed by atoms with Crippen molar-refractivity contribution in [3.8, 4) is 6.07 Å². The summed E-state index contributed by atoms with van der Waals surface area (Å²) in [6, 6.07) is 24.7. The minimum absolute atomic E-state index is 0.0127. The topological polar surface area (TPSA) is 120 Å². The van der Waals surface area contributed by atoms with E-state index in [0.717, 1.165) is 11.8 Å². The number of esters is 1. The Hall–Kier alpha value is -4.52. The van der Waals surface area contributed by atoms with Gasteiger partial charge in [0.25, 0.3) is 5.91 Å². The average molecular weight is 587 g/mol. The van der Waals surface area contributed by atoms with Crippen molar-refractivity contribution in [3.63, 3.8) is 0 Å². The summed E-state index contributed by atoms with van der Waals surface area (Å²) >= 11 is 7.71. The zero-order valence-corrected chi connectivity index (χ0v) is 23.9. The summed E-state index contributed by atoms with van der Waals surface area (Å²) in [7, 11) is 0. The fourth-order valence-corrected chi connectivity index (χ4v) is 5.44. The van der Waals surface area contributed by atoms with Crippen LogP contribution in [0.5, 0.6) is 0 Å². The number of allylic oxidation sites excluding steroid dienone is 2. The van der Waals surface area contributed by atoms with Gasteiger partial charge in [0.2, 0.25) is 5.91 Å². The van der Waals surface area contributed by atoms with Gasteiger partial charge >= 0.3 is 5.97 Å². The number of carbonyl (C=O) groups is 3. The van der Waals surface area contributed by atoms with Gasteiger partial charge in [-0.15, -0.1) is 0 Å². The van der Waals surface area contributed by atoms with E-state index in [9.17, 15) is 19.6 Å². The molecule has 3 aromatic carbocycles. The predicted molar refractivity (Wildman–Crippen MR) is 161 cm³/mol. The first-order valence-corrected chi connectivity index (χ1v) is 14.1. The maximum absolute atomic E-state index is 13.5. The fraction of sp³-hybridized carbons (Fsp3) is 0.161. The molecule has 3 aromatic rings. The first kappa shape index (κ1) is 29.5. The lowest BCUT2D eigenvalue weighted by Crippen LogP contribution is -2.31. The van der Waals surface area contributed by atoms with Crippen LogP contribution >= 0.6 is 23.4 Å². The fourth-order valence-electron chi connectivity index (χ4n) is 4.31. The molecular formula is C31H27ClN4O4S. The number of para-hydroxylation sites is 1. The number of amides is 2. The number of nitriles is 1. The molecule has 1 atom stereocenters. The number of ether oxygens (including phenoxy) is 1. The molecule has 41 heavy (non-hydrogen) atoms. The number of carbonyl (C=O) groups excluding carboxylic acids is 3. The molecule has 0 saturated heterocycles. The summed E-state index contributed by atoms with van der Waals surface area (Å²) in [5, 5.41) is 20.0. The highest BCUT2D eigenvalue weighted by Crippen LogP contribution is 2.43. The van der Waals surface area contributed by atoms with E-state index in [1.54, 1.807) is 74.5 Å². The number of dihydropyridines is 1. The van der Waals surface area contributed by atoms with Crippen LogP contribution in [0.4, 0.5) is 11.4 Å². The maximum atomic E-state index is 13.5. The second-order valence-corrected chi connectivity index (χ2v) is 10.3. The third-order valence-electron chi connectivity index (χ3n) is 6.17. The van der Waals surface area contributed by atoms with Gasteiger partial charge < -0.3 is 20.7 Å². The molecule has 0 spiro atoms. The normalized spacial score (nSPS) is 14.5. The van der Waals surface area contributed by atoms with Gasteiger partial charge in [-0.2, -0.15) is 5.26 Å². The van der Waals surface area contributed by atoms with E-state index < -0.39 is 11.9 Å². The Morgan fingerprint density at radius 3 is 2.29 bits per heavy atom. The van der Waals surface area contributed by atoms with Crippen molar-refractivity contribution in [1.29, 1.82) is 5.26 Å². The molecule has 10 heteroatoms. The van der Waals surface area contributed by atoms with Gasteiger partial charge in [0.15, 0.2) is 0 Å². The van der Waals surface area contributed by atoms with Gasteiger partial charge in [0.05, 0.1) is 40.5 Å². The van der Waals surface area contributed by atoms with Crippen LogP contribution in [0.1, 0.15) is 35.7 Å². The first-order chi connectivity index (χ1) is 19.8. The number of nitrogens with zero attached hydrogens (tertiary/aromatic N) is 1. The van der Waals surface area contributed by atoms with Gasteiger partial charge in [-0.3, -0.25) is 9.59 Å². The van der Waals surface area contributed by atoms with E-state index in [4.69, 9.17) is 16.3 Å². The molecule has 1 aliphatic rings. The van der Waals surface area contributed by atoms with Gasteiger partial charge in [-0.05, 0) is 61.9 Å². The lowest BCUT2D eigenvalue weighted by atomic mass is 9.82. The predicted octanol–water partition coefficient (Wildman–Crippen LogP) is 6.22. The van der Waals surface area contributed by atoms with Gasteiger partial charge in [0, 0.05) is 27.7 Å². The van der Waals surface area contributed by atoms with Crippen LogP contribution in [0.3, 0.4) is 0 Å². The molecule has 4 rings (SSSR count). The highest BCUT2D eigenvalue weighted by molar-refractivity contribution is 8.03. The zero-order chi connectivity index (χ0) is 29.4. The molecule has 0 bridgehead atoms. The van der Waals surface area contributed by atoms with Crippen LogP contribution in [0.25, 0.3) is 0 Å². The summed E-state index contributed by atoms with van der Waals surface area (Å²) in [6.07, 6.45) is 0. The first-order valence-electron chi connectivity index (χ1n) is 12.7. The molecule has 0 saturated carbocycles. The maximum Gasteiger partial charge on any atom is 0.338 e. The molecule has 0 aliphatic carbocycles. The number of thioether (sulfide) groups is 1. The molecule has 1 aliphatic heterocycles. The van der Waals surface area contributed by atoms with Gasteiger partial charge in [-0.1, -0.05) is 59.8 Å². The molecule has 0 radical (unpaired) electrons.